The molecule has 1 aliphatic heterocycles. The predicted octanol–water partition coefficient (Wildman–Crippen LogP) is -0.872. The van der Waals surface area contributed by atoms with Gasteiger partial charge >= 0.3 is 0 Å². The summed E-state index contributed by atoms with van der Waals surface area (Å²) in [7, 11) is 1.64. The molecule has 2 N–H and O–H groups in total. The average molecular weight is 131 g/mol. The largest absolute Gasteiger partial charge is 0.314 e. The monoisotopic (exact) mass is 131 g/mol. The standard InChI is InChI=1S/C5H13N3O/c1-7(9)8-4-2-6-3-5-8/h6,9H,2-5H2,1H3. The van der Waals surface area contributed by atoms with Gasteiger partial charge in [0.2, 0.25) is 0 Å². The number of hydrogen-bond donors (Lipinski definition) is 2. The zero-order valence-electron chi connectivity index (χ0n) is 5.67. The number of hydrogen-bond acceptors (Lipinski definition) is 4. The molecule has 9 heavy (non-hydrogen) atoms. The number of rotatable bonds is 1. The SMILES string of the molecule is CN(O)N1CCNCC1. The Bertz CT molecular complexity index is 80.3. The number of hydrazine groups is 1. The van der Waals surface area contributed by atoms with Crippen molar-refractivity contribution in [2.24, 2.45) is 0 Å². The highest BCUT2D eigenvalue weighted by Gasteiger charge is 2.10. The Morgan fingerprint density at radius 3 is 2.33 bits per heavy atom. The molecule has 0 aromatic rings. The summed E-state index contributed by atoms with van der Waals surface area (Å²) in [6.45, 7) is 3.72. The number of nitrogens with zero attached hydrogens (tertiary/aromatic N) is 2. The van der Waals surface area contributed by atoms with E-state index in [1.54, 1.807) is 7.05 Å². The Kier molecular flexibility index (Phi) is 2.41. The summed E-state index contributed by atoms with van der Waals surface area (Å²) >= 11 is 0. The smallest absolute Gasteiger partial charge is 0.0288 e. The molecule has 1 aliphatic rings. The normalized spacial score (nSPS) is 23.0. The van der Waals surface area contributed by atoms with E-state index in [2.05, 4.69) is 5.32 Å². The maximum atomic E-state index is 8.91. The molecule has 0 unspecified atom stereocenters. The molecule has 0 aromatic heterocycles. The lowest BCUT2D eigenvalue weighted by Gasteiger charge is -2.30. The van der Waals surface area contributed by atoms with Crippen LogP contribution in [0.4, 0.5) is 0 Å². The third-order valence-electron chi connectivity index (χ3n) is 1.50. The molecule has 0 aliphatic carbocycles. The summed E-state index contributed by atoms with van der Waals surface area (Å²) in [5.74, 6) is 0. The van der Waals surface area contributed by atoms with Crippen molar-refractivity contribution in [3.63, 3.8) is 0 Å². The molecule has 4 heteroatoms. The van der Waals surface area contributed by atoms with Crippen molar-refractivity contribution >= 4 is 0 Å². The summed E-state index contributed by atoms with van der Waals surface area (Å²) in [6.07, 6.45) is 0. The van der Waals surface area contributed by atoms with Crippen LogP contribution in [0.2, 0.25) is 0 Å². The van der Waals surface area contributed by atoms with Crippen molar-refractivity contribution < 1.29 is 5.21 Å². The van der Waals surface area contributed by atoms with Gasteiger partial charge in [-0.25, -0.2) is 5.01 Å². The van der Waals surface area contributed by atoms with Crippen molar-refractivity contribution in [2.45, 2.75) is 0 Å². The van der Waals surface area contributed by atoms with Crippen molar-refractivity contribution in [2.75, 3.05) is 33.2 Å². The minimum absolute atomic E-state index is 0.896. The topological polar surface area (TPSA) is 38.7 Å². The van der Waals surface area contributed by atoms with Gasteiger partial charge in [-0.05, 0) is 0 Å². The molecule has 0 amide bonds. The molecule has 1 fully saturated rings. The number of nitrogens with one attached hydrogen (secondary N) is 1. The van der Waals surface area contributed by atoms with Gasteiger partial charge in [-0.15, -0.1) is 5.17 Å². The van der Waals surface area contributed by atoms with Gasteiger partial charge in [0.25, 0.3) is 0 Å². The van der Waals surface area contributed by atoms with Crippen LogP contribution in [-0.4, -0.2) is 48.6 Å². The highest BCUT2D eigenvalue weighted by molar-refractivity contribution is 4.61. The van der Waals surface area contributed by atoms with Crippen molar-refractivity contribution in [3.8, 4) is 0 Å². The van der Waals surface area contributed by atoms with Gasteiger partial charge in [0, 0.05) is 33.2 Å². The van der Waals surface area contributed by atoms with E-state index in [1.165, 1.54) is 0 Å². The highest BCUT2D eigenvalue weighted by Crippen LogP contribution is 1.91. The second-order valence-corrected chi connectivity index (χ2v) is 2.19. The van der Waals surface area contributed by atoms with Gasteiger partial charge in [0.15, 0.2) is 0 Å². The minimum atomic E-state index is 0.896. The third-order valence-corrected chi connectivity index (χ3v) is 1.50. The molecule has 0 radical (unpaired) electrons. The van der Waals surface area contributed by atoms with Crippen LogP contribution < -0.4 is 5.32 Å². The van der Waals surface area contributed by atoms with E-state index >= 15 is 0 Å². The van der Waals surface area contributed by atoms with Gasteiger partial charge in [-0.3, -0.25) is 5.21 Å². The first-order chi connectivity index (χ1) is 4.30. The van der Waals surface area contributed by atoms with Crippen LogP contribution in [0.3, 0.4) is 0 Å². The Morgan fingerprint density at radius 1 is 1.44 bits per heavy atom. The Balaban J connectivity index is 2.23. The third kappa shape index (κ3) is 1.91. The Labute approximate surface area is 55.0 Å². The minimum Gasteiger partial charge on any atom is -0.314 e. The van der Waals surface area contributed by atoms with Crippen LogP contribution in [0.25, 0.3) is 0 Å². The van der Waals surface area contributed by atoms with Crippen LogP contribution in [0.5, 0.6) is 0 Å². The van der Waals surface area contributed by atoms with Gasteiger partial charge in [-0.1, -0.05) is 0 Å². The first kappa shape index (κ1) is 6.95. The second-order valence-electron chi connectivity index (χ2n) is 2.19. The average Bonchev–Trinajstić information content (AvgIpc) is 1.90. The molecule has 54 valence electrons. The van der Waals surface area contributed by atoms with E-state index in [0.29, 0.717) is 0 Å². The fraction of sp³-hybridized carbons (Fsp3) is 1.00. The van der Waals surface area contributed by atoms with Crippen LogP contribution in [0, 0.1) is 0 Å². The Morgan fingerprint density at radius 2 is 2.00 bits per heavy atom. The van der Waals surface area contributed by atoms with E-state index in [9.17, 15) is 0 Å². The quantitative estimate of drug-likeness (QED) is 0.454. The summed E-state index contributed by atoms with van der Waals surface area (Å²) < 4.78 is 0. The molecule has 0 aromatic carbocycles. The predicted molar refractivity (Wildman–Crippen MR) is 34.0 cm³/mol. The summed E-state index contributed by atoms with van der Waals surface area (Å²) in [6, 6.07) is 0. The van der Waals surface area contributed by atoms with E-state index < -0.39 is 0 Å². The summed E-state index contributed by atoms with van der Waals surface area (Å²) in [5.41, 5.74) is 0. The molecule has 0 saturated carbocycles. The second kappa shape index (κ2) is 3.12. The number of piperazine rings is 1. The van der Waals surface area contributed by atoms with E-state index in [4.69, 9.17) is 5.21 Å². The first-order valence-electron chi connectivity index (χ1n) is 3.19. The lowest BCUT2D eigenvalue weighted by Crippen LogP contribution is -2.49. The van der Waals surface area contributed by atoms with E-state index in [-0.39, 0.29) is 0 Å². The molecule has 1 heterocycles. The molecule has 0 bridgehead atoms. The molecule has 1 saturated heterocycles. The lowest BCUT2D eigenvalue weighted by molar-refractivity contribution is -0.229. The molecule has 0 atom stereocenters. The lowest BCUT2D eigenvalue weighted by atomic mass is 10.4. The zero-order chi connectivity index (χ0) is 6.69. The van der Waals surface area contributed by atoms with E-state index in [1.807, 2.05) is 5.01 Å². The maximum absolute atomic E-state index is 8.91. The van der Waals surface area contributed by atoms with Crippen LogP contribution in [0.1, 0.15) is 0 Å². The fourth-order valence-electron chi connectivity index (χ4n) is 0.942. The molecular formula is C5H13N3O. The van der Waals surface area contributed by atoms with Gasteiger partial charge < -0.3 is 5.32 Å². The van der Waals surface area contributed by atoms with Crippen molar-refractivity contribution in [3.05, 3.63) is 0 Å². The van der Waals surface area contributed by atoms with Gasteiger partial charge in [0.05, 0.1) is 0 Å². The van der Waals surface area contributed by atoms with Crippen LogP contribution >= 0.6 is 0 Å². The Hall–Kier alpha value is -0.160. The van der Waals surface area contributed by atoms with Crippen LogP contribution in [0.15, 0.2) is 0 Å². The molecular weight excluding hydrogens is 118 g/mol. The summed E-state index contributed by atoms with van der Waals surface area (Å²) in [4.78, 5) is 0. The fourth-order valence-corrected chi connectivity index (χ4v) is 0.942. The highest BCUT2D eigenvalue weighted by atomic mass is 16.5. The number of hydroxylamine groups is 1. The zero-order valence-corrected chi connectivity index (χ0v) is 5.67. The maximum Gasteiger partial charge on any atom is 0.0288 e. The molecule has 1 rings (SSSR count). The van der Waals surface area contributed by atoms with E-state index in [0.717, 1.165) is 31.4 Å². The summed E-state index contributed by atoms with van der Waals surface area (Å²) in [5, 5.41) is 15.1. The van der Waals surface area contributed by atoms with Crippen molar-refractivity contribution in [1.82, 2.24) is 15.5 Å². The first-order valence-corrected chi connectivity index (χ1v) is 3.19. The van der Waals surface area contributed by atoms with Crippen molar-refractivity contribution in [1.29, 1.82) is 0 Å². The van der Waals surface area contributed by atoms with Gasteiger partial charge in [-0.2, -0.15) is 0 Å². The molecule has 0 spiro atoms. The van der Waals surface area contributed by atoms with Gasteiger partial charge in [0.1, 0.15) is 0 Å². The molecule has 4 nitrogen and oxygen atoms in total. The van der Waals surface area contributed by atoms with Crippen LogP contribution in [-0.2, 0) is 0 Å².